The van der Waals surface area contributed by atoms with E-state index in [0.717, 1.165) is 13.0 Å². The van der Waals surface area contributed by atoms with Crippen LogP contribution in [0, 0.1) is 0 Å². The van der Waals surface area contributed by atoms with Crippen LogP contribution in [0.25, 0.3) is 0 Å². The molecule has 0 fully saturated rings. The number of pyridine rings is 1. The summed E-state index contributed by atoms with van der Waals surface area (Å²) < 4.78 is 15.9. The Morgan fingerprint density at radius 3 is 2.95 bits per heavy atom. The van der Waals surface area contributed by atoms with Crippen LogP contribution in [0.4, 0.5) is 0 Å². The van der Waals surface area contributed by atoms with Crippen LogP contribution in [-0.2, 0) is 22.1 Å². The Labute approximate surface area is 116 Å². The van der Waals surface area contributed by atoms with Gasteiger partial charge in [-0.05, 0) is 25.1 Å². The lowest BCUT2D eigenvalue weighted by Crippen LogP contribution is -2.22. The van der Waals surface area contributed by atoms with Crippen LogP contribution in [0.5, 0.6) is 0 Å². The number of nitrogens with one attached hydrogen (secondary N) is 1. The van der Waals surface area contributed by atoms with Crippen molar-refractivity contribution in [3.63, 3.8) is 0 Å². The Bertz CT molecular complexity index is 451. The van der Waals surface area contributed by atoms with Crippen molar-refractivity contribution < 1.29 is 13.7 Å². The summed E-state index contributed by atoms with van der Waals surface area (Å²) in [7, 11) is 0.551. The molecule has 0 bridgehead atoms. The maximum Gasteiger partial charge on any atom is 0.339 e. The minimum Gasteiger partial charge on any atom is -0.465 e. The van der Waals surface area contributed by atoms with Gasteiger partial charge in [-0.2, -0.15) is 0 Å². The first kappa shape index (κ1) is 15.8. The molecule has 1 N–H and O–H groups in total. The fourth-order valence-electron chi connectivity index (χ4n) is 1.55. The highest BCUT2D eigenvalue weighted by molar-refractivity contribution is 7.84. The van der Waals surface area contributed by atoms with Gasteiger partial charge in [0.25, 0.3) is 0 Å². The van der Waals surface area contributed by atoms with E-state index in [0.29, 0.717) is 17.8 Å². The zero-order valence-electron chi connectivity index (χ0n) is 11.5. The third-order valence-electron chi connectivity index (χ3n) is 2.88. The summed E-state index contributed by atoms with van der Waals surface area (Å²) in [6, 6.07) is 3.40. The van der Waals surface area contributed by atoms with Crippen molar-refractivity contribution in [3.8, 4) is 0 Å². The molecule has 0 spiro atoms. The molecule has 2 unspecified atom stereocenters. The molecule has 1 heterocycles. The van der Waals surface area contributed by atoms with E-state index >= 15 is 0 Å². The highest BCUT2D eigenvalue weighted by atomic mass is 32.2. The minimum atomic E-state index is -0.801. The van der Waals surface area contributed by atoms with Gasteiger partial charge < -0.3 is 10.1 Å². The summed E-state index contributed by atoms with van der Waals surface area (Å²) in [6.07, 6.45) is 4.18. The molecule has 0 aromatic carbocycles. The van der Waals surface area contributed by atoms with Gasteiger partial charge in [-0.1, -0.05) is 6.92 Å². The molecule has 19 heavy (non-hydrogen) atoms. The summed E-state index contributed by atoms with van der Waals surface area (Å²) in [6.45, 7) is 3.19. The number of hydrogen-bond donors (Lipinski definition) is 1. The third-order valence-corrected chi connectivity index (χ3v) is 4.25. The van der Waals surface area contributed by atoms with Crippen LogP contribution in [0.1, 0.15) is 29.4 Å². The standard InChI is InChI=1S/C13H20N2O3S/c1-10(19(3)17)6-8-14-9-12-11(13(16)18-2)5-4-7-15-12/h4-5,7,10,14H,6,8-9H2,1-3H3. The average Bonchev–Trinajstić information content (AvgIpc) is 2.42. The van der Waals surface area contributed by atoms with E-state index in [1.807, 2.05) is 6.92 Å². The van der Waals surface area contributed by atoms with E-state index in [1.54, 1.807) is 24.6 Å². The second kappa shape index (κ2) is 8.01. The molecule has 2 atom stereocenters. The number of carbonyl (C=O) groups excluding carboxylic acids is 1. The normalized spacial score (nSPS) is 13.8. The van der Waals surface area contributed by atoms with E-state index in [9.17, 15) is 9.00 Å². The van der Waals surface area contributed by atoms with Crippen molar-refractivity contribution in [2.75, 3.05) is 19.9 Å². The Hall–Kier alpha value is -1.27. The molecule has 1 aromatic heterocycles. The predicted octanol–water partition coefficient (Wildman–Crippen LogP) is 1.11. The molecule has 0 saturated heterocycles. The third kappa shape index (κ3) is 5.08. The molecular weight excluding hydrogens is 264 g/mol. The van der Waals surface area contributed by atoms with E-state index in [1.165, 1.54) is 7.11 Å². The van der Waals surface area contributed by atoms with Gasteiger partial charge in [-0.15, -0.1) is 0 Å². The first-order valence-corrected chi connectivity index (χ1v) is 7.73. The maximum absolute atomic E-state index is 11.5. The lowest BCUT2D eigenvalue weighted by atomic mass is 10.2. The summed E-state index contributed by atoms with van der Waals surface area (Å²) in [5.74, 6) is -0.382. The number of aromatic nitrogens is 1. The number of methoxy groups -OCH3 is 1. The highest BCUT2D eigenvalue weighted by Crippen LogP contribution is 2.07. The maximum atomic E-state index is 11.5. The predicted molar refractivity (Wildman–Crippen MR) is 75.4 cm³/mol. The van der Waals surface area contributed by atoms with Crippen LogP contribution in [0.3, 0.4) is 0 Å². The van der Waals surface area contributed by atoms with Crippen LogP contribution in [0.15, 0.2) is 18.3 Å². The molecule has 0 aliphatic heterocycles. The SMILES string of the molecule is COC(=O)c1cccnc1CNCCC(C)S(C)=O. The van der Waals surface area contributed by atoms with Gasteiger partial charge in [0.15, 0.2) is 0 Å². The molecule has 106 valence electrons. The molecule has 6 heteroatoms. The Morgan fingerprint density at radius 1 is 1.58 bits per heavy atom. The monoisotopic (exact) mass is 284 g/mol. The van der Waals surface area contributed by atoms with Crippen LogP contribution in [0.2, 0.25) is 0 Å². The minimum absolute atomic E-state index is 0.163. The van der Waals surface area contributed by atoms with Gasteiger partial charge in [0, 0.05) is 35.0 Å². The Kier molecular flexibility index (Phi) is 6.66. The Morgan fingerprint density at radius 2 is 2.32 bits per heavy atom. The lowest BCUT2D eigenvalue weighted by molar-refractivity contribution is 0.0598. The van der Waals surface area contributed by atoms with E-state index < -0.39 is 10.8 Å². The van der Waals surface area contributed by atoms with Crippen molar-refractivity contribution in [1.82, 2.24) is 10.3 Å². The summed E-state index contributed by atoms with van der Waals surface area (Å²) >= 11 is 0. The molecule has 0 radical (unpaired) electrons. The number of hydrogen-bond acceptors (Lipinski definition) is 5. The van der Waals surface area contributed by atoms with Crippen LogP contribution in [-0.4, -0.2) is 40.3 Å². The fourth-order valence-corrected chi connectivity index (χ4v) is 2.00. The average molecular weight is 284 g/mol. The van der Waals surface area contributed by atoms with Crippen molar-refractivity contribution in [2.45, 2.75) is 25.1 Å². The van der Waals surface area contributed by atoms with Gasteiger partial charge >= 0.3 is 5.97 Å². The molecule has 1 aromatic rings. The molecule has 0 aliphatic rings. The number of rotatable bonds is 7. The zero-order chi connectivity index (χ0) is 14.3. The van der Waals surface area contributed by atoms with Gasteiger partial charge in [0.1, 0.15) is 0 Å². The second-order valence-corrected chi connectivity index (χ2v) is 6.07. The molecular formula is C13H20N2O3S. The van der Waals surface area contributed by atoms with Crippen molar-refractivity contribution in [3.05, 3.63) is 29.6 Å². The van der Waals surface area contributed by atoms with Crippen molar-refractivity contribution in [2.24, 2.45) is 0 Å². The number of carbonyl (C=O) groups is 1. The second-order valence-electron chi connectivity index (χ2n) is 4.26. The molecule has 1 rings (SSSR count). The van der Waals surface area contributed by atoms with Gasteiger partial charge in [-0.25, -0.2) is 4.79 Å². The summed E-state index contributed by atoms with van der Waals surface area (Å²) in [5, 5.41) is 3.37. The first-order valence-electron chi connectivity index (χ1n) is 6.11. The van der Waals surface area contributed by atoms with Crippen molar-refractivity contribution >= 4 is 16.8 Å². The lowest BCUT2D eigenvalue weighted by Gasteiger charge is -2.10. The first-order chi connectivity index (χ1) is 9.06. The van der Waals surface area contributed by atoms with Crippen molar-refractivity contribution in [1.29, 1.82) is 0 Å². The topological polar surface area (TPSA) is 68.3 Å². The van der Waals surface area contributed by atoms with Gasteiger partial charge in [-0.3, -0.25) is 9.19 Å². The molecule has 0 aliphatic carbocycles. The smallest absolute Gasteiger partial charge is 0.339 e. The summed E-state index contributed by atoms with van der Waals surface area (Å²) in [4.78, 5) is 15.7. The molecule has 0 amide bonds. The fraction of sp³-hybridized carbons (Fsp3) is 0.538. The van der Waals surface area contributed by atoms with Crippen LogP contribution >= 0.6 is 0 Å². The number of nitrogens with zero attached hydrogens (tertiary/aromatic N) is 1. The van der Waals surface area contributed by atoms with Gasteiger partial charge in [0.05, 0.1) is 18.4 Å². The van der Waals surface area contributed by atoms with E-state index in [2.05, 4.69) is 10.3 Å². The van der Waals surface area contributed by atoms with E-state index in [4.69, 9.17) is 4.74 Å². The largest absolute Gasteiger partial charge is 0.465 e. The zero-order valence-corrected chi connectivity index (χ0v) is 12.3. The molecule has 5 nitrogen and oxygen atoms in total. The van der Waals surface area contributed by atoms with Gasteiger partial charge in [0.2, 0.25) is 0 Å². The van der Waals surface area contributed by atoms with Crippen LogP contribution < -0.4 is 5.32 Å². The molecule has 0 saturated carbocycles. The Balaban J connectivity index is 2.49. The summed E-state index contributed by atoms with van der Waals surface area (Å²) in [5.41, 5.74) is 1.14. The van der Waals surface area contributed by atoms with E-state index in [-0.39, 0.29) is 11.2 Å². The number of ether oxygens (including phenoxy) is 1. The quantitative estimate of drug-likeness (QED) is 0.600. The highest BCUT2D eigenvalue weighted by Gasteiger charge is 2.12. The number of esters is 1.